The van der Waals surface area contributed by atoms with Crippen molar-refractivity contribution in [3.63, 3.8) is 0 Å². The second kappa shape index (κ2) is 5.86. The van der Waals surface area contributed by atoms with Gasteiger partial charge in [-0.1, -0.05) is 0 Å². The highest BCUT2D eigenvalue weighted by molar-refractivity contribution is 5.92. The molecule has 0 saturated carbocycles. The predicted molar refractivity (Wildman–Crippen MR) is 74.4 cm³/mol. The van der Waals surface area contributed by atoms with Crippen molar-refractivity contribution in [3.05, 3.63) is 35.4 Å². The third-order valence-electron chi connectivity index (χ3n) is 4.00. The van der Waals surface area contributed by atoms with Gasteiger partial charge in [-0.05, 0) is 31.4 Å². The summed E-state index contributed by atoms with van der Waals surface area (Å²) < 4.78 is 26.8. The first kappa shape index (κ1) is 14.7. The predicted octanol–water partition coefficient (Wildman–Crippen LogP) is 2.45. The molecule has 8 heteroatoms. The Labute approximate surface area is 126 Å². The van der Waals surface area contributed by atoms with Crippen molar-refractivity contribution in [1.82, 2.24) is 24.9 Å². The quantitative estimate of drug-likeness (QED) is 0.947. The summed E-state index contributed by atoms with van der Waals surface area (Å²) in [6.45, 7) is 0.586. The lowest BCUT2D eigenvalue weighted by molar-refractivity contribution is 0.0599. The van der Waals surface area contributed by atoms with Gasteiger partial charge in [-0.25, -0.2) is 8.78 Å². The van der Waals surface area contributed by atoms with Crippen LogP contribution >= 0.6 is 0 Å². The number of halogens is 2. The van der Waals surface area contributed by atoms with Crippen LogP contribution < -0.4 is 0 Å². The smallest absolute Gasteiger partial charge is 0.280 e. The van der Waals surface area contributed by atoms with Gasteiger partial charge in [0.1, 0.15) is 5.69 Å². The van der Waals surface area contributed by atoms with Crippen molar-refractivity contribution in [1.29, 1.82) is 0 Å². The van der Waals surface area contributed by atoms with Crippen LogP contribution in [0.3, 0.4) is 0 Å². The number of hydrogen-bond acceptors (Lipinski definition) is 3. The van der Waals surface area contributed by atoms with E-state index in [1.165, 1.54) is 13.1 Å². The third kappa shape index (κ3) is 2.60. The molecular formula is C14H17F2N5O. The maximum Gasteiger partial charge on any atom is 0.280 e. The summed E-state index contributed by atoms with van der Waals surface area (Å²) in [5.41, 5.74) is 0.667. The first-order chi connectivity index (χ1) is 10.6. The lowest BCUT2D eigenvalue weighted by Crippen LogP contribution is -2.39. The third-order valence-corrected chi connectivity index (χ3v) is 4.00. The Hall–Kier alpha value is -2.25. The first-order valence-electron chi connectivity index (χ1n) is 7.20. The minimum absolute atomic E-state index is 0.0595. The fourth-order valence-corrected chi connectivity index (χ4v) is 2.89. The summed E-state index contributed by atoms with van der Waals surface area (Å²) >= 11 is 0. The van der Waals surface area contributed by atoms with E-state index in [0.29, 0.717) is 6.54 Å². The zero-order chi connectivity index (χ0) is 15.7. The molecule has 1 fully saturated rings. The van der Waals surface area contributed by atoms with E-state index >= 15 is 0 Å². The van der Waals surface area contributed by atoms with Crippen molar-refractivity contribution < 1.29 is 13.6 Å². The first-order valence-corrected chi connectivity index (χ1v) is 7.20. The lowest BCUT2D eigenvalue weighted by atomic mass is 9.99. The lowest BCUT2D eigenvalue weighted by Gasteiger charge is -2.34. The average molecular weight is 309 g/mol. The molecule has 22 heavy (non-hydrogen) atoms. The zero-order valence-corrected chi connectivity index (χ0v) is 12.2. The van der Waals surface area contributed by atoms with Crippen LogP contribution in [0, 0.1) is 0 Å². The highest BCUT2D eigenvalue weighted by Gasteiger charge is 2.31. The summed E-state index contributed by atoms with van der Waals surface area (Å²) in [6, 6.07) is 2.89. The molecule has 2 aromatic rings. The number of aromatic nitrogens is 4. The Morgan fingerprint density at radius 3 is 2.91 bits per heavy atom. The van der Waals surface area contributed by atoms with E-state index in [9.17, 15) is 13.6 Å². The number of aromatic amines is 1. The normalized spacial score (nSPS) is 18.9. The van der Waals surface area contributed by atoms with Crippen LogP contribution in [0.1, 0.15) is 53.6 Å². The maximum atomic E-state index is 12.8. The number of nitrogens with one attached hydrogen (secondary N) is 1. The van der Waals surface area contributed by atoms with E-state index in [-0.39, 0.29) is 23.3 Å². The summed E-state index contributed by atoms with van der Waals surface area (Å²) in [5, 5.41) is 10.8. The number of aryl methyl sites for hydroxylation is 1. The van der Waals surface area contributed by atoms with Crippen LogP contribution in [0.2, 0.25) is 0 Å². The molecule has 118 valence electrons. The minimum atomic E-state index is -2.65. The van der Waals surface area contributed by atoms with Crippen molar-refractivity contribution in [2.24, 2.45) is 7.05 Å². The van der Waals surface area contributed by atoms with Crippen LogP contribution in [0.4, 0.5) is 8.78 Å². The number of carbonyl (C=O) groups is 1. The van der Waals surface area contributed by atoms with Gasteiger partial charge in [0.2, 0.25) is 0 Å². The Morgan fingerprint density at radius 1 is 1.45 bits per heavy atom. The molecule has 0 spiro atoms. The van der Waals surface area contributed by atoms with E-state index < -0.39 is 6.43 Å². The zero-order valence-electron chi connectivity index (χ0n) is 12.2. The number of H-pyrrole nitrogens is 1. The number of hydrogen-bond donors (Lipinski definition) is 1. The largest absolute Gasteiger partial charge is 0.329 e. The molecule has 1 atom stereocenters. The van der Waals surface area contributed by atoms with Crippen LogP contribution in [-0.2, 0) is 7.05 Å². The van der Waals surface area contributed by atoms with E-state index in [1.807, 2.05) is 6.07 Å². The van der Waals surface area contributed by atoms with Gasteiger partial charge in [0.05, 0.1) is 11.7 Å². The molecule has 3 rings (SSSR count). The van der Waals surface area contributed by atoms with E-state index in [1.54, 1.807) is 11.1 Å². The Kier molecular flexibility index (Phi) is 3.91. The van der Waals surface area contributed by atoms with Crippen molar-refractivity contribution in [2.45, 2.75) is 31.7 Å². The number of nitrogens with zero attached hydrogens (tertiary/aromatic N) is 4. The molecule has 1 aliphatic heterocycles. The van der Waals surface area contributed by atoms with Gasteiger partial charge in [0.25, 0.3) is 12.3 Å². The Balaban J connectivity index is 1.87. The highest BCUT2D eigenvalue weighted by atomic mass is 19.3. The Bertz CT molecular complexity index is 652. The van der Waals surface area contributed by atoms with Gasteiger partial charge < -0.3 is 4.90 Å². The minimum Gasteiger partial charge on any atom is -0.329 e. The number of alkyl halides is 2. The number of likely N-dealkylation sites (tertiary alicyclic amines) is 1. The number of piperidine rings is 1. The summed E-state index contributed by atoms with van der Waals surface area (Å²) in [5.74, 6) is -0.318. The number of carbonyl (C=O) groups excluding carboxylic acids is 1. The molecule has 6 nitrogen and oxygen atoms in total. The molecule has 1 saturated heterocycles. The highest BCUT2D eigenvalue weighted by Crippen LogP contribution is 2.31. The van der Waals surface area contributed by atoms with Gasteiger partial charge in [-0.3, -0.25) is 14.6 Å². The van der Waals surface area contributed by atoms with E-state index in [2.05, 4.69) is 15.3 Å². The molecule has 1 amide bonds. The Morgan fingerprint density at radius 2 is 2.27 bits per heavy atom. The molecule has 0 bridgehead atoms. The standard InChI is InChI=1S/C14H17F2N5O/c1-20-12(13(15)16)8-10(19-20)14(22)21-7-3-2-4-11(21)9-5-6-17-18-9/h5-6,8,11,13H,2-4,7H2,1H3,(H,17,18). The maximum absolute atomic E-state index is 12.8. The fraction of sp³-hybridized carbons (Fsp3) is 0.500. The van der Waals surface area contributed by atoms with Crippen LogP contribution in [0.15, 0.2) is 18.3 Å². The topological polar surface area (TPSA) is 66.8 Å². The van der Waals surface area contributed by atoms with Crippen molar-refractivity contribution in [3.8, 4) is 0 Å². The second-order valence-corrected chi connectivity index (χ2v) is 5.40. The summed E-state index contributed by atoms with van der Waals surface area (Å²) in [7, 11) is 1.42. The van der Waals surface area contributed by atoms with Crippen LogP contribution in [0.25, 0.3) is 0 Å². The second-order valence-electron chi connectivity index (χ2n) is 5.40. The molecule has 0 aliphatic carbocycles. The number of amides is 1. The summed E-state index contributed by atoms with van der Waals surface area (Å²) in [4.78, 5) is 14.4. The van der Waals surface area contributed by atoms with E-state index in [4.69, 9.17) is 0 Å². The molecular weight excluding hydrogens is 292 g/mol. The van der Waals surface area contributed by atoms with Gasteiger partial charge >= 0.3 is 0 Å². The molecule has 0 aromatic carbocycles. The molecule has 2 aromatic heterocycles. The molecule has 1 aliphatic rings. The number of rotatable bonds is 3. The van der Waals surface area contributed by atoms with Crippen molar-refractivity contribution in [2.75, 3.05) is 6.54 Å². The van der Waals surface area contributed by atoms with Crippen molar-refractivity contribution >= 4 is 5.91 Å². The molecule has 1 unspecified atom stereocenters. The van der Waals surface area contributed by atoms with Crippen LogP contribution in [0.5, 0.6) is 0 Å². The molecule has 0 radical (unpaired) electrons. The average Bonchev–Trinajstić information content (AvgIpc) is 3.15. The van der Waals surface area contributed by atoms with Crippen LogP contribution in [-0.4, -0.2) is 37.3 Å². The van der Waals surface area contributed by atoms with Gasteiger partial charge in [-0.15, -0.1) is 0 Å². The van der Waals surface area contributed by atoms with Gasteiger partial charge in [0, 0.05) is 19.8 Å². The molecule has 3 heterocycles. The van der Waals surface area contributed by atoms with Gasteiger partial charge in [-0.2, -0.15) is 10.2 Å². The summed E-state index contributed by atoms with van der Waals surface area (Å²) in [6.07, 6.45) is 1.72. The van der Waals surface area contributed by atoms with Gasteiger partial charge in [0.15, 0.2) is 5.69 Å². The SMILES string of the molecule is Cn1nc(C(=O)N2CCCCC2c2ccn[nH]2)cc1C(F)F. The monoisotopic (exact) mass is 309 g/mol. The van der Waals surface area contributed by atoms with E-state index in [0.717, 1.165) is 29.6 Å². The molecule has 1 N–H and O–H groups in total. The fourth-order valence-electron chi connectivity index (χ4n) is 2.89.